The summed E-state index contributed by atoms with van der Waals surface area (Å²) in [5, 5.41) is 23.1. The van der Waals surface area contributed by atoms with Crippen LogP contribution in [0.25, 0.3) is 0 Å². The fourth-order valence-electron chi connectivity index (χ4n) is 8.55. The molecule has 1 amide bonds. The first-order valence-corrected chi connectivity index (χ1v) is 28.3. The third-order valence-electron chi connectivity index (χ3n) is 12.9. The summed E-state index contributed by atoms with van der Waals surface area (Å²) in [5.41, 5.74) is 0. The Kier molecular flexibility index (Phi) is 52.1. The van der Waals surface area contributed by atoms with E-state index in [1.807, 2.05) is 6.08 Å². The molecule has 0 radical (unpaired) electrons. The van der Waals surface area contributed by atoms with Crippen molar-refractivity contribution in [3.05, 3.63) is 36.5 Å². The second kappa shape index (κ2) is 53.7. The number of ether oxygens (including phenoxy) is 1. The van der Waals surface area contributed by atoms with Crippen molar-refractivity contribution in [2.24, 2.45) is 0 Å². The Bertz CT molecular complexity index is 1040. The van der Waals surface area contributed by atoms with E-state index >= 15 is 0 Å². The van der Waals surface area contributed by atoms with Gasteiger partial charge in [-0.05, 0) is 64.2 Å². The van der Waals surface area contributed by atoms with Crippen LogP contribution >= 0.6 is 0 Å². The van der Waals surface area contributed by atoms with Crippen molar-refractivity contribution >= 4 is 11.9 Å². The van der Waals surface area contributed by atoms with Crippen molar-refractivity contribution in [1.82, 2.24) is 5.32 Å². The minimum Gasteiger partial charge on any atom is -0.466 e. The Morgan fingerprint density at radius 2 is 0.781 bits per heavy atom. The fraction of sp³-hybridized carbons (Fsp3) is 0.862. The number of esters is 1. The maximum absolute atomic E-state index is 12.5. The molecule has 0 bridgehead atoms. The van der Waals surface area contributed by atoms with Gasteiger partial charge in [-0.3, -0.25) is 9.59 Å². The average Bonchev–Trinajstić information content (AvgIpc) is 3.29. The zero-order valence-corrected chi connectivity index (χ0v) is 42.8. The van der Waals surface area contributed by atoms with Gasteiger partial charge in [0.2, 0.25) is 5.91 Å². The van der Waals surface area contributed by atoms with Crippen LogP contribution in [0.15, 0.2) is 36.5 Å². The molecule has 0 aliphatic rings. The Hall–Kier alpha value is -1.92. The maximum Gasteiger partial charge on any atom is 0.305 e. The van der Waals surface area contributed by atoms with Crippen molar-refractivity contribution in [2.45, 2.75) is 309 Å². The molecule has 0 heterocycles. The van der Waals surface area contributed by atoms with Crippen LogP contribution in [-0.4, -0.2) is 47.4 Å². The Morgan fingerprint density at radius 3 is 1.20 bits per heavy atom. The van der Waals surface area contributed by atoms with Crippen LogP contribution in [0.2, 0.25) is 0 Å². The van der Waals surface area contributed by atoms with Gasteiger partial charge in [0, 0.05) is 12.8 Å². The number of aliphatic hydroxyl groups excluding tert-OH is 2. The van der Waals surface area contributed by atoms with E-state index in [1.165, 1.54) is 205 Å². The number of rotatable bonds is 52. The monoisotopic (exact) mass is 900 g/mol. The zero-order chi connectivity index (χ0) is 46.5. The Morgan fingerprint density at radius 1 is 0.438 bits per heavy atom. The minimum atomic E-state index is -0.856. The smallest absolute Gasteiger partial charge is 0.305 e. The Balaban J connectivity index is 3.49. The quantitative estimate of drug-likeness (QED) is 0.0321. The van der Waals surface area contributed by atoms with Gasteiger partial charge in [-0.1, -0.05) is 256 Å². The molecule has 0 rings (SSSR count). The fourth-order valence-corrected chi connectivity index (χ4v) is 8.55. The maximum atomic E-state index is 12.5. The lowest BCUT2D eigenvalue weighted by Gasteiger charge is -2.20. The summed E-state index contributed by atoms with van der Waals surface area (Å²) in [5.74, 6) is -0.101. The average molecular weight is 901 g/mol. The highest BCUT2D eigenvalue weighted by Crippen LogP contribution is 2.16. The van der Waals surface area contributed by atoms with Crippen molar-refractivity contribution in [3.8, 4) is 0 Å². The van der Waals surface area contributed by atoms with Crippen molar-refractivity contribution < 1.29 is 24.5 Å². The lowest BCUT2D eigenvalue weighted by molar-refractivity contribution is -0.143. The highest BCUT2D eigenvalue weighted by Gasteiger charge is 2.18. The van der Waals surface area contributed by atoms with E-state index in [4.69, 9.17) is 4.74 Å². The first kappa shape index (κ1) is 62.1. The van der Waals surface area contributed by atoms with Gasteiger partial charge < -0.3 is 20.3 Å². The molecule has 0 aliphatic carbocycles. The third kappa shape index (κ3) is 49.5. The minimum absolute atomic E-state index is 0.0181. The first-order chi connectivity index (χ1) is 31.5. The molecular formula is C58H109NO5. The molecule has 0 saturated carbocycles. The van der Waals surface area contributed by atoms with E-state index in [-0.39, 0.29) is 18.5 Å². The molecule has 6 nitrogen and oxygen atoms in total. The molecule has 0 aliphatic heterocycles. The SMILES string of the molecule is CCCCCC/C=C\C/C=C\CCCCCCCCCC(=O)OCCCCCCCCCCCCCCC(=O)NC(CO)C(O)/C=C/CCCCCCCCCCCCCCCCC. The molecule has 2 atom stereocenters. The third-order valence-corrected chi connectivity index (χ3v) is 12.9. The van der Waals surface area contributed by atoms with Gasteiger partial charge in [0.15, 0.2) is 0 Å². The van der Waals surface area contributed by atoms with E-state index in [0.29, 0.717) is 19.4 Å². The van der Waals surface area contributed by atoms with Gasteiger partial charge >= 0.3 is 5.97 Å². The van der Waals surface area contributed by atoms with Crippen molar-refractivity contribution in [2.75, 3.05) is 13.2 Å². The second-order valence-corrected chi connectivity index (χ2v) is 19.3. The standard InChI is InChI=1S/C58H109NO5/c1-3-5-7-9-11-13-15-17-19-21-23-25-27-32-36-40-44-48-52-58(63)64-53-49-45-41-37-33-29-28-31-35-39-43-47-51-57(62)59-55(54-60)56(61)50-46-42-38-34-30-26-24-22-20-18-16-14-12-10-8-6-4-2/h13,15,19,21,46,50,55-56,60-61H,3-12,14,16-18,20,22-45,47-49,51-54H2,1-2H3,(H,59,62)/b15-13-,21-19-,50-46+. The lowest BCUT2D eigenvalue weighted by atomic mass is 10.0. The van der Waals surface area contributed by atoms with E-state index in [2.05, 4.69) is 43.5 Å². The summed E-state index contributed by atoms with van der Waals surface area (Å²) in [6.07, 6.45) is 65.8. The van der Waals surface area contributed by atoms with Crippen LogP contribution in [0.1, 0.15) is 296 Å². The number of carbonyl (C=O) groups is 2. The van der Waals surface area contributed by atoms with Crippen LogP contribution in [0.4, 0.5) is 0 Å². The number of hydrogen-bond donors (Lipinski definition) is 3. The molecule has 376 valence electrons. The van der Waals surface area contributed by atoms with Gasteiger partial charge in [0.25, 0.3) is 0 Å². The van der Waals surface area contributed by atoms with Crippen LogP contribution < -0.4 is 5.32 Å². The van der Waals surface area contributed by atoms with E-state index in [9.17, 15) is 19.8 Å². The number of unbranched alkanes of at least 4 members (excludes halogenated alkanes) is 37. The van der Waals surface area contributed by atoms with E-state index in [0.717, 1.165) is 64.2 Å². The molecule has 3 N–H and O–H groups in total. The molecule has 0 aromatic rings. The highest BCUT2D eigenvalue weighted by atomic mass is 16.5. The number of carbonyl (C=O) groups excluding carboxylic acids is 2. The summed E-state index contributed by atoms with van der Waals surface area (Å²) < 4.78 is 5.47. The van der Waals surface area contributed by atoms with Crippen LogP contribution in [0.5, 0.6) is 0 Å². The van der Waals surface area contributed by atoms with Gasteiger partial charge in [0.05, 0.1) is 25.4 Å². The van der Waals surface area contributed by atoms with Crippen molar-refractivity contribution in [1.29, 1.82) is 0 Å². The first-order valence-electron chi connectivity index (χ1n) is 28.3. The Labute approximate surface area is 398 Å². The molecule has 2 unspecified atom stereocenters. The summed E-state index contributed by atoms with van der Waals surface area (Å²) >= 11 is 0. The zero-order valence-electron chi connectivity index (χ0n) is 42.8. The van der Waals surface area contributed by atoms with Crippen LogP contribution in [0, 0.1) is 0 Å². The number of allylic oxidation sites excluding steroid dienone is 5. The van der Waals surface area contributed by atoms with E-state index < -0.39 is 12.1 Å². The number of nitrogens with one attached hydrogen (secondary N) is 1. The van der Waals surface area contributed by atoms with E-state index in [1.54, 1.807) is 6.08 Å². The predicted octanol–water partition coefficient (Wildman–Crippen LogP) is 17.2. The summed E-state index contributed by atoms with van der Waals surface area (Å²) in [4.78, 5) is 24.5. The number of hydrogen-bond acceptors (Lipinski definition) is 5. The van der Waals surface area contributed by atoms with Gasteiger partial charge in [-0.25, -0.2) is 0 Å². The predicted molar refractivity (Wildman–Crippen MR) is 278 cm³/mol. The summed E-state index contributed by atoms with van der Waals surface area (Å²) in [6, 6.07) is -0.641. The normalized spacial score (nSPS) is 12.9. The molecule has 0 fully saturated rings. The van der Waals surface area contributed by atoms with Crippen LogP contribution in [-0.2, 0) is 14.3 Å². The highest BCUT2D eigenvalue weighted by molar-refractivity contribution is 5.76. The summed E-state index contributed by atoms with van der Waals surface area (Å²) in [7, 11) is 0. The largest absolute Gasteiger partial charge is 0.466 e. The number of aliphatic hydroxyl groups is 2. The molecule has 0 aromatic carbocycles. The molecule has 0 spiro atoms. The molecule has 0 saturated heterocycles. The molecule has 6 heteroatoms. The molecule has 64 heavy (non-hydrogen) atoms. The second-order valence-electron chi connectivity index (χ2n) is 19.3. The van der Waals surface area contributed by atoms with Gasteiger partial charge in [-0.15, -0.1) is 0 Å². The summed E-state index contributed by atoms with van der Waals surface area (Å²) in [6.45, 7) is 4.86. The molecular weight excluding hydrogens is 791 g/mol. The van der Waals surface area contributed by atoms with Crippen molar-refractivity contribution in [3.63, 3.8) is 0 Å². The topological polar surface area (TPSA) is 95.9 Å². The van der Waals surface area contributed by atoms with Gasteiger partial charge in [0.1, 0.15) is 0 Å². The lowest BCUT2D eigenvalue weighted by Crippen LogP contribution is -2.45. The van der Waals surface area contributed by atoms with Gasteiger partial charge in [-0.2, -0.15) is 0 Å². The number of amides is 1. The molecule has 0 aromatic heterocycles. The van der Waals surface area contributed by atoms with Crippen LogP contribution in [0.3, 0.4) is 0 Å².